The summed E-state index contributed by atoms with van der Waals surface area (Å²) in [6, 6.07) is 15.4. The smallest absolute Gasteiger partial charge is 0.220 e. The molecule has 3 rings (SSSR count). The van der Waals surface area contributed by atoms with E-state index in [0.717, 1.165) is 22.9 Å². The van der Waals surface area contributed by atoms with Crippen molar-refractivity contribution >= 4 is 56.5 Å². The number of aromatic nitrogens is 2. The first kappa shape index (κ1) is 27.4. The van der Waals surface area contributed by atoms with Crippen molar-refractivity contribution in [2.75, 3.05) is 24.6 Å². The number of pyridine rings is 1. The fourth-order valence-electron chi connectivity index (χ4n) is 2.87. The Hall–Kier alpha value is -2.23. The maximum absolute atomic E-state index is 13.2. The molecule has 12 heteroatoms. The molecule has 0 fully saturated rings. The molecular formula is C23H24ClN5O2S4. The number of nitriles is 1. The summed E-state index contributed by atoms with van der Waals surface area (Å²) in [6.45, 7) is 0.947. The van der Waals surface area contributed by atoms with Crippen LogP contribution in [0.2, 0.25) is 5.02 Å². The van der Waals surface area contributed by atoms with Gasteiger partial charge in [0.05, 0.1) is 21.3 Å². The van der Waals surface area contributed by atoms with E-state index in [4.69, 9.17) is 11.6 Å². The lowest BCUT2D eigenvalue weighted by atomic mass is 10.4. The second-order valence-electron chi connectivity index (χ2n) is 7.01. The van der Waals surface area contributed by atoms with Crippen molar-refractivity contribution in [3.05, 3.63) is 87.2 Å². The van der Waals surface area contributed by atoms with E-state index in [9.17, 15) is 13.7 Å². The SMILES string of the molecule is N#C/C(=C(/NCCSCc1ccsn1)NCCSCc1ncccc1Cl)S(=O)(=O)c1ccccc1. The predicted octanol–water partition coefficient (Wildman–Crippen LogP) is 4.70. The Kier molecular flexibility index (Phi) is 11.2. The van der Waals surface area contributed by atoms with Crippen molar-refractivity contribution < 1.29 is 8.42 Å². The number of sulfone groups is 1. The molecule has 0 atom stereocenters. The summed E-state index contributed by atoms with van der Waals surface area (Å²) in [5.41, 5.74) is 1.82. The van der Waals surface area contributed by atoms with Crippen LogP contribution in [-0.2, 0) is 21.3 Å². The second-order valence-corrected chi connectivity index (χ2v) is 12.2. The largest absolute Gasteiger partial charge is 0.369 e. The molecule has 0 aliphatic heterocycles. The molecule has 3 aromatic rings. The molecule has 0 radical (unpaired) electrons. The maximum Gasteiger partial charge on any atom is 0.220 e. The van der Waals surface area contributed by atoms with Crippen LogP contribution in [0.5, 0.6) is 0 Å². The molecule has 2 aromatic heterocycles. The van der Waals surface area contributed by atoms with Crippen LogP contribution < -0.4 is 10.6 Å². The normalized spacial score (nSPS) is 12.0. The number of halogens is 1. The zero-order chi connectivity index (χ0) is 24.9. The van der Waals surface area contributed by atoms with Crippen LogP contribution in [0.3, 0.4) is 0 Å². The molecule has 7 nitrogen and oxygen atoms in total. The second kappa shape index (κ2) is 14.4. The van der Waals surface area contributed by atoms with Crippen molar-refractivity contribution in [1.29, 1.82) is 5.26 Å². The standard InChI is InChI=1S/C23H24ClN5O2S4/c24-20-7-4-9-26-21(20)17-33-14-11-28-23(27-10-13-32-16-18-8-12-34-29-18)22(15-25)35(30,31)19-5-2-1-3-6-19/h1-9,12,27-28H,10-11,13-14,16-17H2/b23-22+. The molecule has 35 heavy (non-hydrogen) atoms. The molecule has 0 unspecified atom stereocenters. The highest BCUT2D eigenvalue weighted by Gasteiger charge is 2.25. The predicted molar refractivity (Wildman–Crippen MR) is 146 cm³/mol. The Bertz CT molecular complexity index is 1250. The Morgan fingerprint density at radius 2 is 1.74 bits per heavy atom. The summed E-state index contributed by atoms with van der Waals surface area (Å²) < 4.78 is 30.6. The van der Waals surface area contributed by atoms with Crippen LogP contribution in [0.4, 0.5) is 0 Å². The molecule has 2 heterocycles. The van der Waals surface area contributed by atoms with Gasteiger partial charge in [0.2, 0.25) is 9.84 Å². The third kappa shape index (κ3) is 8.44. The summed E-state index contributed by atoms with van der Waals surface area (Å²) in [7, 11) is -3.98. The number of allylic oxidation sites excluding steroid dienone is 1. The van der Waals surface area contributed by atoms with Gasteiger partial charge in [-0.05, 0) is 41.9 Å². The van der Waals surface area contributed by atoms with Crippen molar-refractivity contribution in [3.8, 4) is 6.07 Å². The fourth-order valence-corrected chi connectivity index (χ4v) is 6.62. The van der Waals surface area contributed by atoms with Gasteiger partial charge < -0.3 is 10.6 Å². The highest BCUT2D eigenvalue weighted by molar-refractivity contribution is 7.98. The minimum Gasteiger partial charge on any atom is -0.369 e. The Balaban J connectivity index is 1.64. The Morgan fingerprint density at radius 1 is 1.03 bits per heavy atom. The van der Waals surface area contributed by atoms with E-state index in [1.165, 1.54) is 23.7 Å². The first-order chi connectivity index (χ1) is 17.0. The van der Waals surface area contributed by atoms with Gasteiger partial charge in [-0.1, -0.05) is 29.8 Å². The molecular weight excluding hydrogens is 542 g/mol. The van der Waals surface area contributed by atoms with Crippen molar-refractivity contribution in [2.45, 2.75) is 16.4 Å². The zero-order valence-corrected chi connectivity index (χ0v) is 22.7. The average molecular weight is 566 g/mol. The molecule has 184 valence electrons. The molecule has 0 saturated heterocycles. The van der Waals surface area contributed by atoms with Gasteiger partial charge in [-0.25, -0.2) is 8.42 Å². The monoisotopic (exact) mass is 565 g/mol. The van der Waals surface area contributed by atoms with E-state index < -0.39 is 9.84 Å². The van der Waals surface area contributed by atoms with E-state index in [1.807, 2.05) is 17.5 Å². The van der Waals surface area contributed by atoms with Crippen LogP contribution in [0, 0.1) is 11.3 Å². The summed E-state index contributed by atoms with van der Waals surface area (Å²) in [5.74, 6) is 3.01. The van der Waals surface area contributed by atoms with Crippen molar-refractivity contribution in [3.63, 3.8) is 0 Å². The molecule has 0 aliphatic carbocycles. The van der Waals surface area contributed by atoms with Gasteiger partial charge in [0.15, 0.2) is 4.91 Å². The van der Waals surface area contributed by atoms with Gasteiger partial charge in [-0.2, -0.15) is 33.2 Å². The first-order valence-electron chi connectivity index (χ1n) is 10.6. The minimum absolute atomic E-state index is 0.0785. The highest BCUT2D eigenvalue weighted by atomic mass is 35.5. The number of thioether (sulfide) groups is 2. The molecule has 0 saturated carbocycles. The topological polar surface area (TPSA) is 108 Å². The number of hydrogen-bond acceptors (Lipinski definition) is 10. The number of nitrogens with zero attached hydrogens (tertiary/aromatic N) is 3. The number of rotatable bonds is 14. The van der Waals surface area contributed by atoms with Gasteiger partial charge in [-0.3, -0.25) is 4.98 Å². The van der Waals surface area contributed by atoms with Crippen molar-refractivity contribution in [1.82, 2.24) is 20.0 Å². The summed E-state index contributed by atoms with van der Waals surface area (Å²) in [4.78, 5) is 4.02. The quantitative estimate of drug-likeness (QED) is 0.212. The first-order valence-corrected chi connectivity index (χ1v) is 15.6. The van der Waals surface area contributed by atoms with E-state index in [-0.39, 0.29) is 15.6 Å². The zero-order valence-electron chi connectivity index (χ0n) is 18.7. The minimum atomic E-state index is -3.98. The van der Waals surface area contributed by atoms with Gasteiger partial charge in [0.1, 0.15) is 11.9 Å². The molecule has 2 N–H and O–H groups in total. The summed E-state index contributed by atoms with van der Waals surface area (Å²) >= 11 is 10.9. The average Bonchev–Trinajstić information content (AvgIpc) is 3.38. The number of nitrogens with one attached hydrogen (secondary N) is 2. The van der Waals surface area contributed by atoms with Crippen LogP contribution in [0.1, 0.15) is 11.4 Å². The molecule has 0 spiro atoms. The maximum atomic E-state index is 13.2. The lowest BCUT2D eigenvalue weighted by Crippen LogP contribution is -2.32. The van der Waals surface area contributed by atoms with Gasteiger partial charge >= 0.3 is 0 Å². The van der Waals surface area contributed by atoms with Gasteiger partial charge in [0.25, 0.3) is 0 Å². The van der Waals surface area contributed by atoms with E-state index in [1.54, 1.807) is 60.1 Å². The molecule has 0 aliphatic rings. The number of hydrogen-bond donors (Lipinski definition) is 2. The lowest BCUT2D eigenvalue weighted by molar-refractivity contribution is 0.601. The summed E-state index contributed by atoms with van der Waals surface area (Å²) in [5, 5.41) is 18.6. The summed E-state index contributed by atoms with van der Waals surface area (Å²) in [6.07, 6.45) is 1.70. The Morgan fingerprint density at radius 3 is 2.37 bits per heavy atom. The third-order valence-electron chi connectivity index (χ3n) is 4.56. The molecule has 0 amide bonds. The van der Waals surface area contributed by atoms with Crippen LogP contribution >= 0.6 is 46.7 Å². The number of benzene rings is 1. The van der Waals surface area contributed by atoms with E-state index in [2.05, 4.69) is 20.0 Å². The fraction of sp³-hybridized carbons (Fsp3) is 0.261. The third-order valence-corrected chi connectivity index (χ3v) is 9.19. The molecule has 1 aromatic carbocycles. The van der Waals surface area contributed by atoms with Crippen molar-refractivity contribution in [2.24, 2.45) is 0 Å². The van der Waals surface area contributed by atoms with Crippen LogP contribution in [0.15, 0.2) is 75.7 Å². The van der Waals surface area contributed by atoms with Crippen LogP contribution in [0.25, 0.3) is 0 Å². The van der Waals surface area contributed by atoms with Crippen LogP contribution in [-0.4, -0.2) is 42.4 Å². The van der Waals surface area contributed by atoms with E-state index >= 15 is 0 Å². The van der Waals surface area contributed by atoms with Gasteiger partial charge in [0, 0.05) is 47.7 Å². The molecule has 0 bridgehead atoms. The Labute approximate surface area is 223 Å². The lowest BCUT2D eigenvalue weighted by Gasteiger charge is -2.16. The van der Waals surface area contributed by atoms with E-state index in [0.29, 0.717) is 29.6 Å². The highest BCUT2D eigenvalue weighted by Crippen LogP contribution is 2.21. The van der Waals surface area contributed by atoms with Gasteiger partial charge in [-0.15, -0.1) is 0 Å².